The molecule has 1 aliphatic rings. The second-order valence-corrected chi connectivity index (χ2v) is 10.5. The minimum absolute atomic E-state index is 0.00566. The van der Waals surface area contributed by atoms with Gasteiger partial charge >= 0.3 is 6.09 Å². The van der Waals surface area contributed by atoms with Crippen molar-refractivity contribution in [2.24, 2.45) is 0 Å². The lowest BCUT2D eigenvalue weighted by molar-refractivity contribution is 0.0523. The summed E-state index contributed by atoms with van der Waals surface area (Å²) in [6, 6.07) is 19.7. The van der Waals surface area contributed by atoms with Gasteiger partial charge < -0.3 is 19.7 Å². The van der Waals surface area contributed by atoms with E-state index in [1.165, 1.54) is 0 Å². The lowest BCUT2D eigenvalue weighted by atomic mass is 9.96. The first-order valence-electron chi connectivity index (χ1n) is 13.4. The molecular weight excluding hydrogens is 490 g/mol. The molecule has 2 heterocycles. The van der Waals surface area contributed by atoms with Crippen LogP contribution in [0.1, 0.15) is 66.9 Å². The molecule has 3 aromatic rings. The Labute approximate surface area is 230 Å². The van der Waals surface area contributed by atoms with E-state index in [0.29, 0.717) is 44.6 Å². The van der Waals surface area contributed by atoms with E-state index in [-0.39, 0.29) is 5.91 Å². The molecule has 2 aromatic carbocycles. The second-order valence-electron chi connectivity index (χ2n) is 10.5. The maximum absolute atomic E-state index is 13.2. The Kier molecular flexibility index (Phi) is 9.02. The van der Waals surface area contributed by atoms with E-state index in [2.05, 4.69) is 22.4 Å². The molecule has 0 fully saturated rings. The summed E-state index contributed by atoms with van der Waals surface area (Å²) in [6.07, 6.45) is 4.77. The van der Waals surface area contributed by atoms with Gasteiger partial charge in [-0.1, -0.05) is 49.4 Å². The molecule has 1 aliphatic heterocycles. The second kappa shape index (κ2) is 12.6. The van der Waals surface area contributed by atoms with Gasteiger partial charge in [0.15, 0.2) is 0 Å². The third-order valence-electron chi connectivity index (χ3n) is 6.41. The molecule has 2 amide bonds. The van der Waals surface area contributed by atoms with E-state index < -0.39 is 11.7 Å². The molecule has 7 heteroatoms. The summed E-state index contributed by atoms with van der Waals surface area (Å²) in [6.45, 7) is 9.40. The molecule has 0 saturated carbocycles. The predicted molar refractivity (Wildman–Crippen MR) is 152 cm³/mol. The summed E-state index contributed by atoms with van der Waals surface area (Å²) < 4.78 is 11.6. The first kappa shape index (κ1) is 27.9. The number of nitrogens with zero attached hydrogens (tertiary/aromatic N) is 2. The highest BCUT2D eigenvalue weighted by Crippen LogP contribution is 2.32. The van der Waals surface area contributed by atoms with Crippen LogP contribution in [0.2, 0.25) is 0 Å². The highest BCUT2D eigenvalue weighted by atomic mass is 16.6. The quantitative estimate of drug-likeness (QED) is 0.379. The maximum Gasteiger partial charge on any atom is 0.407 e. The zero-order valence-corrected chi connectivity index (χ0v) is 23.2. The number of ether oxygens (including phenoxy) is 2. The fourth-order valence-corrected chi connectivity index (χ4v) is 4.47. The number of benzene rings is 2. The van der Waals surface area contributed by atoms with Gasteiger partial charge in [-0.15, -0.1) is 0 Å². The third kappa shape index (κ3) is 7.69. The van der Waals surface area contributed by atoms with Gasteiger partial charge in [-0.2, -0.15) is 0 Å². The van der Waals surface area contributed by atoms with Crippen molar-refractivity contribution in [2.75, 3.05) is 13.1 Å². The topological polar surface area (TPSA) is 80.8 Å². The van der Waals surface area contributed by atoms with Crippen LogP contribution in [0, 0.1) is 0 Å². The Hall–Kier alpha value is -4.13. The fraction of sp³-hybridized carbons (Fsp3) is 0.344. The van der Waals surface area contributed by atoms with E-state index in [0.717, 1.165) is 33.7 Å². The molecule has 1 aromatic heterocycles. The predicted octanol–water partition coefficient (Wildman–Crippen LogP) is 6.18. The van der Waals surface area contributed by atoms with E-state index in [9.17, 15) is 9.59 Å². The summed E-state index contributed by atoms with van der Waals surface area (Å²) in [5.74, 6) is 0.775. The largest absolute Gasteiger partial charge is 0.488 e. The summed E-state index contributed by atoms with van der Waals surface area (Å²) in [5, 5.41) is 2.83. The third-order valence-corrected chi connectivity index (χ3v) is 6.41. The number of aromatic nitrogens is 1. The minimum Gasteiger partial charge on any atom is -0.488 e. The van der Waals surface area contributed by atoms with Crippen LogP contribution in [0.15, 0.2) is 72.9 Å². The van der Waals surface area contributed by atoms with Gasteiger partial charge in [-0.3, -0.25) is 9.78 Å². The van der Waals surface area contributed by atoms with Crippen LogP contribution in [0.25, 0.3) is 5.57 Å². The lowest BCUT2D eigenvalue weighted by Crippen LogP contribution is -2.35. The number of carbonyl (C=O) groups is 2. The van der Waals surface area contributed by atoms with Gasteiger partial charge in [0, 0.05) is 31.4 Å². The Morgan fingerprint density at radius 1 is 1.03 bits per heavy atom. The van der Waals surface area contributed by atoms with Gasteiger partial charge in [-0.25, -0.2) is 4.79 Å². The smallest absolute Gasteiger partial charge is 0.407 e. The first-order chi connectivity index (χ1) is 18.7. The normalized spacial score (nSPS) is 13.4. The zero-order valence-electron chi connectivity index (χ0n) is 23.2. The highest BCUT2D eigenvalue weighted by molar-refractivity contribution is 5.95. The number of amides is 2. The molecule has 0 spiro atoms. The van der Waals surface area contributed by atoms with Crippen molar-refractivity contribution in [3.05, 3.63) is 101 Å². The first-order valence-corrected chi connectivity index (χ1v) is 13.4. The van der Waals surface area contributed by atoms with Crippen LogP contribution in [-0.2, 0) is 24.3 Å². The van der Waals surface area contributed by atoms with Crippen molar-refractivity contribution in [3.8, 4) is 5.75 Å². The lowest BCUT2D eigenvalue weighted by Gasteiger charge is -2.28. The summed E-state index contributed by atoms with van der Waals surface area (Å²) in [5.41, 5.74) is 5.02. The van der Waals surface area contributed by atoms with Gasteiger partial charge in [0.1, 0.15) is 18.0 Å². The standard InChI is InChI=1S/C32H37N3O4/c1-5-28-26(12-9-17-33-28)30(36)35-18-15-25(16-19-35)27-20-24(21-34-31(37)39-32(2,3)4)13-14-29(27)38-22-23-10-7-6-8-11-23/h6-15,17,20H,5,16,18-19,21-22H2,1-4H3,(H,34,37). The maximum atomic E-state index is 13.2. The highest BCUT2D eigenvalue weighted by Gasteiger charge is 2.23. The van der Waals surface area contributed by atoms with E-state index >= 15 is 0 Å². The summed E-state index contributed by atoms with van der Waals surface area (Å²) >= 11 is 0. The molecule has 0 aliphatic carbocycles. The van der Waals surface area contributed by atoms with Crippen LogP contribution in [0.3, 0.4) is 0 Å². The van der Waals surface area contributed by atoms with Crippen molar-refractivity contribution < 1.29 is 19.1 Å². The molecule has 7 nitrogen and oxygen atoms in total. The number of pyridine rings is 1. The van der Waals surface area contributed by atoms with Gasteiger partial charge in [-0.05, 0) is 74.6 Å². The van der Waals surface area contributed by atoms with Crippen molar-refractivity contribution in [1.82, 2.24) is 15.2 Å². The number of rotatable bonds is 8. The molecule has 0 bridgehead atoms. The van der Waals surface area contributed by atoms with Crippen molar-refractivity contribution in [1.29, 1.82) is 0 Å². The van der Waals surface area contributed by atoms with Crippen LogP contribution in [0.4, 0.5) is 4.79 Å². The number of alkyl carbamates (subject to hydrolysis) is 1. The number of carbonyl (C=O) groups excluding carboxylic acids is 2. The molecule has 204 valence electrons. The van der Waals surface area contributed by atoms with Crippen LogP contribution < -0.4 is 10.1 Å². The van der Waals surface area contributed by atoms with Crippen molar-refractivity contribution >= 4 is 17.6 Å². The van der Waals surface area contributed by atoms with Crippen molar-refractivity contribution in [3.63, 3.8) is 0 Å². The molecule has 39 heavy (non-hydrogen) atoms. The van der Waals surface area contributed by atoms with Crippen LogP contribution in [-0.4, -0.2) is 40.6 Å². The zero-order chi connectivity index (χ0) is 27.8. The average molecular weight is 528 g/mol. The average Bonchev–Trinajstić information content (AvgIpc) is 2.94. The van der Waals surface area contributed by atoms with E-state index in [1.807, 2.05) is 87.2 Å². The van der Waals surface area contributed by atoms with Crippen LogP contribution in [0.5, 0.6) is 5.75 Å². The molecule has 0 saturated heterocycles. The Morgan fingerprint density at radius 3 is 2.51 bits per heavy atom. The number of hydrogen-bond donors (Lipinski definition) is 1. The molecule has 1 N–H and O–H groups in total. The monoisotopic (exact) mass is 527 g/mol. The summed E-state index contributed by atoms with van der Waals surface area (Å²) in [7, 11) is 0. The SMILES string of the molecule is CCc1ncccc1C(=O)N1CC=C(c2cc(CNC(=O)OC(C)(C)C)ccc2OCc2ccccc2)CC1. The number of hydrogen-bond acceptors (Lipinski definition) is 5. The fourth-order valence-electron chi connectivity index (χ4n) is 4.47. The minimum atomic E-state index is -0.561. The number of nitrogens with one attached hydrogen (secondary N) is 1. The molecule has 4 rings (SSSR count). The summed E-state index contributed by atoms with van der Waals surface area (Å²) in [4.78, 5) is 31.7. The Balaban J connectivity index is 1.53. The molecular formula is C32H37N3O4. The van der Waals surface area contributed by atoms with Gasteiger partial charge in [0.2, 0.25) is 0 Å². The van der Waals surface area contributed by atoms with E-state index in [1.54, 1.807) is 6.20 Å². The van der Waals surface area contributed by atoms with E-state index in [4.69, 9.17) is 9.47 Å². The Bertz CT molecular complexity index is 1330. The molecule has 0 unspecified atom stereocenters. The molecule has 0 radical (unpaired) electrons. The van der Waals surface area contributed by atoms with Crippen molar-refractivity contribution in [2.45, 2.75) is 59.3 Å². The number of aryl methyl sites for hydroxylation is 1. The van der Waals surface area contributed by atoms with Gasteiger partial charge in [0.05, 0.1) is 11.3 Å². The van der Waals surface area contributed by atoms with Gasteiger partial charge in [0.25, 0.3) is 5.91 Å². The molecule has 0 atom stereocenters. The Morgan fingerprint density at radius 2 is 1.82 bits per heavy atom. The van der Waals surface area contributed by atoms with Crippen LogP contribution >= 0.6 is 0 Å².